The third kappa shape index (κ3) is 3.69. The highest BCUT2D eigenvalue weighted by Crippen LogP contribution is 2.00. The SMILES string of the molecule is C[C@H](O)[C@H](NCc1ccccc1)C(=O)O. The van der Waals surface area contributed by atoms with Gasteiger partial charge >= 0.3 is 5.97 Å². The van der Waals surface area contributed by atoms with Crippen LogP contribution in [0.25, 0.3) is 0 Å². The van der Waals surface area contributed by atoms with Crippen LogP contribution in [-0.2, 0) is 11.3 Å². The normalized spacial score (nSPS) is 14.5. The minimum atomic E-state index is -1.04. The third-order valence-electron chi connectivity index (χ3n) is 2.12. The maximum absolute atomic E-state index is 10.7. The van der Waals surface area contributed by atoms with Crippen molar-refractivity contribution in [2.24, 2.45) is 0 Å². The Kier molecular flexibility index (Phi) is 4.27. The van der Waals surface area contributed by atoms with Gasteiger partial charge in [0.25, 0.3) is 0 Å². The van der Waals surface area contributed by atoms with Gasteiger partial charge in [-0.25, -0.2) is 0 Å². The van der Waals surface area contributed by atoms with Crippen molar-refractivity contribution in [1.29, 1.82) is 0 Å². The molecule has 1 rings (SSSR count). The van der Waals surface area contributed by atoms with E-state index in [0.29, 0.717) is 6.54 Å². The van der Waals surface area contributed by atoms with Crippen molar-refractivity contribution in [3.05, 3.63) is 35.9 Å². The fourth-order valence-corrected chi connectivity index (χ4v) is 1.29. The van der Waals surface area contributed by atoms with E-state index in [1.807, 2.05) is 30.3 Å². The Morgan fingerprint density at radius 2 is 2.00 bits per heavy atom. The average Bonchev–Trinajstić information content (AvgIpc) is 2.18. The number of nitrogens with one attached hydrogen (secondary N) is 1. The zero-order valence-corrected chi connectivity index (χ0v) is 8.55. The standard InChI is InChI=1S/C11H15NO3/c1-8(13)10(11(14)15)12-7-9-5-3-2-4-6-9/h2-6,8,10,12-13H,7H2,1H3,(H,14,15)/t8-,10-/m0/s1. The number of benzene rings is 1. The second-order valence-corrected chi connectivity index (χ2v) is 3.42. The van der Waals surface area contributed by atoms with Crippen molar-refractivity contribution in [2.75, 3.05) is 0 Å². The first-order valence-electron chi connectivity index (χ1n) is 4.79. The second-order valence-electron chi connectivity index (χ2n) is 3.42. The lowest BCUT2D eigenvalue weighted by Gasteiger charge is -2.16. The molecule has 0 aromatic heterocycles. The number of rotatable bonds is 5. The number of aliphatic carboxylic acids is 1. The molecule has 0 aliphatic rings. The first-order valence-corrected chi connectivity index (χ1v) is 4.79. The van der Waals surface area contributed by atoms with Crippen molar-refractivity contribution < 1.29 is 15.0 Å². The summed E-state index contributed by atoms with van der Waals surface area (Å²) in [5, 5.41) is 20.8. The zero-order valence-electron chi connectivity index (χ0n) is 8.55. The molecule has 0 fully saturated rings. The Morgan fingerprint density at radius 1 is 1.40 bits per heavy atom. The summed E-state index contributed by atoms with van der Waals surface area (Å²) in [6, 6.07) is 8.53. The predicted octanol–water partition coefficient (Wildman–Crippen LogP) is 0.610. The molecule has 0 heterocycles. The topological polar surface area (TPSA) is 69.6 Å². The van der Waals surface area contributed by atoms with Crippen LogP contribution in [0.1, 0.15) is 12.5 Å². The minimum Gasteiger partial charge on any atom is -0.480 e. The second kappa shape index (κ2) is 5.48. The maximum Gasteiger partial charge on any atom is 0.323 e. The molecular formula is C11H15NO3. The van der Waals surface area contributed by atoms with Gasteiger partial charge in [-0.2, -0.15) is 0 Å². The van der Waals surface area contributed by atoms with Crippen LogP contribution in [0.2, 0.25) is 0 Å². The van der Waals surface area contributed by atoms with Crippen molar-refractivity contribution in [3.8, 4) is 0 Å². The van der Waals surface area contributed by atoms with Gasteiger partial charge in [0.2, 0.25) is 0 Å². The summed E-state index contributed by atoms with van der Waals surface area (Å²) in [5.41, 5.74) is 0.990. The molecular weight excluding hydrogens is 194 g/mol. The van der Waals surface area contributed by atoms with E-state index in [0.717, 1.165) is 5.56 Å². The predicted molar refractivity (Wildman–Crippen MR) is 56.4 cm³/mol. The molecule has 2 atom stereocenters. The van der Waals surface area contributed by atoms with E-state index < -0.39 is 18.1 Å². The van der Waals surface area contributed by atoms with E-state index in [2.05, 4.69) is 5.32 Å². The molecule has 4 nitrogen and oxygen atoms in total. The largest absolute Gasteiger partial charge is 0.480 e. The Labute approximate surface area is 88.6 Å². The summed E-state index contributed by atoms with van der Waals surface area (Å²) < 4.78 is 0. The van der Waals surface area contributed by atoms with Crippen LogP contribution in [0.3, 0.4) is 0 Å². The molecule has 0 unspecified atom stereocenters. The number of hydrogen-bond donors (Lipinski definition) is 3. The van der Waals surface area contributed by atoms with Crippen LogP contribution in [0.5, 0.6) is 0 Å². The molecule has 0 spiro atoms. The molecule has 4 heteroatoms. The molecule has 0 radical (unpaired) electrons. The van der Waals surface area contributed by atoms with E-state index in [-0.39, 0.29) is 0 Å². The quantitative estimate of drug-likeness (QED) is 0.664. The smallest absolute Gasteiger partial charge is 0.323 e. The highest BCUT2D eigenvalue weighted by atomic mass is 16.4. The number of carboxylic acid groups (broad SMARTS) is 1. The van der Waals surface area contributed by atoms with Gasteiger partial charge in [-0.05, 0) is 12.5 Å². The number of carboxylic acids is 1. The van der Waals surface area contributed by atoms with Crippen LogP contribution in [0.4, 0.5) is 0 Å². The van der Waals surface area contributed by atoms with Crippen LogP contribution in [0, 0.1) is 0 Å². The van der Waals surface area contributed by atoms with Crippen molar-refractivity contribution in [3.63, 3.8) is 0 Å². The Hall–Kier alpha value is -1.39. The lowest BCUT2D eigenvalue weighted by atomic mass is 10.1. The fourth-order valence-electron chi connectivity index (χ4n) is 1.29. The first kappa shape index (κ1) is 11.7. The molecule has 0 aliphatic carbocycles. The monoisotopic (exact) mass is 209 g/mol. The van der Waals surface area contributed by atoms with Crippen molar-refractivity contribution in [1.82, 2.24) is 5.32 Å². The minimum absolute atomic E-state index is 0.433. The molecule has 0 aliphatic heterocycles. The van der Waals surface area contributed by atoms with Crippen molar-refractivity contribution in [2.45, 2.75) is 25.6 Å². The first-order chi connectivity index (χ1) is 7.11. The number of aliphatic hydroxyl groups excluding tert-OH is 1. The van der Waals surface area contributed by atoms with Crippen LogP contribution in [0.15, 0.2) is 30.3 Å². The van der Waals surface area contributed by atoms with Gasteiger partial charge in [0.1, 0.15) is 6.04 Å². The van der Waals surface area contributed by atoms with E-state index in [9.17, 15) is 9.90 Å². The van der Waals surface area contributed by atoms with E-state index in [4.69, 9.17) is 5.11 Å². The van der Waals surface area contributed by atoms with E-state index in [1.54, 1.807) is 0 Å². The summed E-state index contributed by atoms with van der Waals surface area (Å²) >= 11 is 0. The molecule has 3 N–H and O–H groups in total. The molecule has 1 aromatic carbocycles. The summed E-state index contributed by atoms with van der Waals surface area (Å²) in [4.78, 5) is 10.7. The molecule has 82 valence electrons. The molecule has 1 aromatic rings. The Bertz CT molecular complexity index is 311. The summed E-state index contributed by atoms with van der Waals surface area (Å²) in [6.45, 7) is 1.89. The molecule has 15 heavy (non-hydrogen) atoms. The lowest BCUT2D eigenvalue weighted by Crippen LogP contribution is -2.44. The summed E-state index contributed by atoms with van der Waals surface area (Å²) in [7, 11) is 0. The number of carbonyl (C=O) groups is 1. The fraction of sp³-hybridized carbons (Fsp3) is 0.364. The van der Waals surface area contributed by atoms with Gasteiger partial charge in [-0.15, -0.1) is 0 Å². The van der Waals surface area contributed by atoms with Gasteiger partial charge in [0, 0.05) is 6.54 Å². The molecule has 0 saturated heterocycles. The summed E-state index contributed by atoms with van der Waals surface area (Å²) in [6.07, 6.45) is -0.911. The highest BCUT2D eigenvalue weighted by molar-refractivity contribution is 5.74. The Balaban J connectivity index is 2.51. The average molecular weight is 209 g/mol. The highest BCUT2D eigenvalue weighted by Gasteiger charge is 2.21. The number of aliphatic hydroxyl groups is 1. The van der Waals surface area contributed by atoms with Crippen molar-refractivity contribution >= 4 is 5.97 Å². The lowest BCUT2D eigenvalue weighted by molar-refractivity contribution is -0.142. The van der Waals surface area contributed by atoms with Gasteiger partial charge in [-0.1, -0.05) is 30.3 Å². The van der Waals surface area contributed by atoms with Gasteiger partial charge < -0.3 is 10.2 Å². The van der Waals surface area contributed by atoms with Gasteiger partial charge in [-0.3, -0.25) is 10.1 Å². The third-order valence-corrected chi connectivity index (χ3v) is 2.12. The molecule has 0 saturated carbocycles. The van der Waals surface area contributed by atoms with Gasteiger partial charge in [0.05, 0.1) is 6.10 Å². The number of hydrogen-bond acceptors (Lipinski definition) is 3. The molecule has 0 bridgehead atoms. The van der Waals surface area contributed by atoms with E-state index >= 15 is 0 Å². The van der Waals surface area contributed by atoms with Crippen LogP contribution < -0.4 is 5.32 Å². The molecule has 0 amide bonds. The zero-order chi connectivity index (χ0) is 11.3. The Morgan fingerprint density at radius 3 is 2.47 bits per heavy atom. The van der Waals surface area contributed by atoms with Crippen LogP contribution in [-0.4, -0.2) is 28.3 Å². The maximum atomic E-state index is 10.7. The van der Waals surface area contributed by atoms with Crippen LogP contribution >= 0.6 is 0 Å². The van der Waals surface area contributed by atoms with Gasteiger partial charge in [0.15, 0.2) is 0 Å². The van der Waals surface area contributed by atoms with E-state index in [1.165, 1.54) is 6.92 Å². The summed E-state index contributed by atoms with van der Waals surface area (Å²) in [5.74, 6) is -1.04.